The van der Waals surface area contributed by atoms with Crippen molar-refractivity contribution in [1.82, 2.24) is 0 Å². The van der Waals surface area contributed by atoms with Crippen LogP contribution in [0.2, 0.25) is 0 Å². The second-order valence-corrected chi connectivity index (χ2v) is 3.44. The van der Waals surface area contributed by atoms with Gasteiger partial charge in [-0.15, -0.1) is 0 Å². The Bertz CT molecular complexity index is 209. The zero-order chi connectivity index (χ0) is 13.0. The van der Waals surface area contributed by atoms with Crippen LogP contribution in [-0.4, -0.2) is 18.5 Å². The smallest absolute Gasteiger partial charge is 0.310 e. The van der Waals surface area contributed by atoms with Crippen LogP contribution in [0.15, 0.2) is 12.8 Å². The van der Waals surface area contributed by atoms with Crippen LogP contribution >= 0.6 is 0 Å². The van der Waals surface area contributed by atoms with Gasteiger partial charge in [-0.2, -0.15) is 0 Å². The van der Waals surface area contributed by atoms with Crippen molar-refractivity contribution >= 4 is 11.9 Å². The lowest BCUT2D eigenvalue weighted by molar-refractivity contribution is -0.144. The number of hydrogen-bond donors (Lipinski definition) is 0. The fourth-order valence-corrected chi connectivity index (χ4v) is 0.538. The van der Waals surface area contributed by atoms with Crippen LogP contribution in [0.3, 0.4) is 0 Å². The Labute approximate surface area is 97.6 Å². The summed E-state index contributed by atoms with van der Waals surface area (Å²) < 4.78 is 9.13. The molecule has 0 aromatic heterocycles. The number of carbonyl (C=O) groups is 2. The molecule has 0 aromatic carbocycles. The third-order valence-corrected chi connectivity index (χ3v) is 1.37. The molecule has 0 atom stereocenters. The Morgan fingerprint density at radius 1 is 1.19 bits per heavy atom. The molecule has 0 fully saturated rings. The van der Waals surface area contributed by atoms with Gasteiger partial charge >= 0.3 is 11.9 Å². The van der Waals surface area contributed by atoms with Crippen LogP contribution in [0.1, 0.15) is 40.5 Å². The molecule has 0 aliphatic carbocycles. The quantitative estimate of drug-likeness (QED) is 0.538. The Morgan fingerprint density at radius 3 is 1.94 bits per heavy atom. The van der Waals surface area contributed by atoms with E-state index >= 15 is 0 Å². The van der Waals surface area contributed by atoms with Crippen molar-refractivity contribution in [3.05, 3.63) is 12.8 Å². The van der Waals surface area contributed by atoms with Crippen molar-refractivity contribution < 1.29 is 19.1 Å². The molecule has 0 aliphatic heterocycles. The molecule has 4 heteroatoms. The fraction of sp³-hybridized carbons (Fsp3) is 0.667. The summed E-state index contributed by atoms with van der Waals surface area (Å²) in [4.78, 5) is 20.6. The normalized spacial score (nSPS) is 8.81. The summed E-state index contributed by atoms with van der Waals surface area (Å²) in [7, 11) is 0. The largest absolute Gasteiger partial charge is 0.465 e. The average molecular weight is 230 g/mol. The summed E-state index contributed by atoms with van der Waals surface area (Å²) in [5.74, 6) is 0.0965. The SMILES string of the molecule is C=COC(=O)CC.CCC(=O)OCC(C)C. The monoisotopic (exact) mass is 230 g/mol. The van der Waals surface area contributed by atoms with Gasteiger partial charge in [0.25, 0.3) is 0 Å². The van der Waals surface area contributed by atoms with E-state index in [9.17, 15) is 9.59 Å². The number of carbonyl (C=O) groups excluding carboxylic acids is 2. The van der Waals surface area contributed by atoms with Crippen molar-refractivity contribution in [2.75, 3.05) is 6.61 Å². The van der Waals surface area contributed by atoms with E-state index in [0.717, 1.165) is 6.26 Å². The van der Waals surface area contributed by atoms with E-state index in [4.69, 9.17) is 4.74 Å². The first-order valence-corrected chi connectivity index (χ1v) is 5.43. The van der Waals surface area contributed by atoms with E-state index in [1.54, 1.807) is 13.8 Å². The second kappa shape index (κ2) is 11.8. The van der Waals surface area contributed by atoms with Gasteiger partial charge in [0.05, 0.1) is 12.9 Å². The van der Waals surface area contributed by atoms with Gasteiger partial charge in [0.2, 0.25) is 0 Å². The van der Waals surface area contributed by atoms with Gasteiger partial charge in [-0.1, -0.05) is 34.3 Å². The van der Waals surface area contributed by atoms with Crippen LogP contribution in [0.4, 0.5) is 0 Å². The fourth-order valence-electron chi connectivity index (χ4n) is 0.538. The molecule has 0 unspecified atom stereocenters. The highest BCUT2D eigenvalue weighted by molar-refractivity contribution is 5.69. The Hall–Kier alpha value is -1.32. The lowest BCUT2D eigenvalue weighted by Crippen LogP contribution is -2.07. The van der Waals surface area contributed by atoms with Crippen LogP contribution in [0, 0.1) is 5.92 Å². The lowest BCUT2D eigenvalue weighted by Gasteiger charge is -2.04. The molecule has 94 valence electrons. The first-order chi connectivity index (χ1) is 7.47. The van der Waals surface area contributed by atoms with Crippen molar-refractivity contribution in [2.45, 2.75) is 40.5 Å². The third-order valence-electron chi connectivity index (χ3n) is 1.37. The Kier molecular flexibility index (Phi) is 12.6. The molecule has 0 saturated heterocycles. The molecule has 0 heterocycles. The summed E-state index contributed by atoms with van der Waals surface area (Å²) in [6.07, 6.45) is 2.02. The number of esters is 2. The number of hydrogen-bond acceptors (Lipinski definition) is 4. The van der Waals surface area contributed by atoms with Crippen LogP contribution in [0.25, 0.3) is 0 Å². The van der Waals surface area contributed by atoms with Gasteiger partial charge in [-0.25, -0.2) is 0 Å². The minimum Gasteiger partial charge on any atom is -0.465 e. The van der Waals surface area contributed by atoms with E-state index in [-0.39, 0.29) is 11.9 Å². The molecular formula is C12H22O4. The first kappa shape index (κ1) is 17.1. The zero-order valence-corrected chi connectivity index (χ0v) is 10.6. The highest BCUT2D eigenvalue weighted by atomic mass is 16.5. The maximum absolute atomic E-state index is 10.5. The van der Waals surface area contributed by atoms with E-state index in [1.807, 2.05) is 13.8 Å². The summed E-state index contributed by atoms with van der Waals surface area (Å²) >= 11 is 0. The molecule has 4 nitrogen and oxygen atoms in total. The highest BCUT2D eigenvalue weighted by Crippen LogP contribution is 1.93. The topological polar surface area (TPSA) is 52.6 Å². The van der Waals surface area contributed by atoms with Gasteiger partial charge < -0.3 is 9.47 Å². The molecule has 0 spiro atoms. The van der Waals surface area contributed by atoms with E-state index in [2.05, 4.69) is 11.3 Å². The standard InChI is InChI=1S/C7H14O2.C5H8O2/c1-4-7(8)9-5-6(2)3;1-3-5(6)7-4-2/h6H,4-5H2,1-3H3;4H,2-3H2,1H3. The predicted molar refractivity (Wildman–Crippen MR) is 62.7 cm³/mol. The van der Waals surface area contributed by atoms with Crippen LogP contribution in [-0.2, 0) is 19.1 Å². The Morgan fingerprint density at radius 2 is 1.69 bits per heavy atom. The van der Waals surface area contributed by atoms with Crippen molar-refractivity contribution in [3.63, 3.8) is 0 Å². The molecule has 0 aliphatic rings. The summed E-state index contributed by atoms with van der Waals surface area (Å²) in [6.45, 7) is 11.3. The molecule has 0 rings (SSSR count). The summed E-state index contributed by atoms with van der Waals surface area (Å²) in [5, 5.41) is 0. The van der Waals surface area contributed by atoms with Gasteiger partial charge in [-0.3, -0.25) is 9.59 Å². The first-order valence-electron chi connectivity index (χ1n) is 5.43. The molecule has 0 bridgehead atoms. The highest BCUT2D eigenvalue weighted by Gasteiger charge is 1.98. The molecule has 0 N–H and O–H groups in total. The minimum absolute atomic E-state index is 0.108. The Balaban J connectivity index is 0. The van der Waals surface area contributed by atoms with Crippen molar-refractivity contribution in [3.8, 4) is 0 Å². The van der Waals surface area contributed by atoms with Gasteiger partial charge in [0.15, 0.2) is 0 Å². The third kappa shape index (κ3) is 15.2. The second-order valence-electron chi connectivity index (χ2n) is 3.44. The van der Waals surface area contributed by atoms with Gasteiger partial charge in [0, 0.05) is 12.8 Å². The van der Waals surface area contributed by atoms with E-state index in [0.29, 0.717) is 25.4 Å². The lowest BCUT2D eigenvalue weighted by atomic mass is 10.2. The molecule has 0 radical (unpaired) electrons. The van der Waals surface area contributed by atoms with Crippen molar-refractivity contribution in [1.29, 1.82) is 0 Å². The van der Waals surface area contributed by atoms with Gasteiger partial charge in [-0.05, 0) is 5.92 Å². The minimum atomic E-state index is -0.241. The molecular weight excluding hydrogens is 208 g/mol. The average Bonchev–Trinajstić information content (AvgIpc) is 2.26. The summed E-state index contributed by atoms with van der Waals surface area (Å²) in [6, 6.07) is 0. The van der Waals surface area contributed by atoms with E-state index < -0.39 is 0 Å². The summed E-state index contributed by atoms with van der Waals surface area (Å²) in [5.41, 5.74) is 0. The molecule has 0 aromatic rings. The number of rotatable bonds is 5. The maximum atomic E-state index is 10.5. The zero-order valence-electron chi connectivity index (χ0n) is 10.6. The number of ether oxygens (including phenoxy) is 2. The maximum Gasteiger partial charge on any atom is 0.310 e. The predicted octanol–water partition coefficient (Wildman–Crippen LogP) is 2.68. The van der Waals surface area contributed by atoms with Gasteiger partial charge in [0.1, 0.15) is 0 Å². The van der Waals surface area contributed by atoms with E-state index in [1.165, 1.54) is 0 Å². The molecule has 0 amide bonds. The molecule has 16 heavy (non-hydrogen) atoms. The van der Waals surface area contributed by atoms with Crippen LogP contribution < -0.4 is 0 Å². The van der Waals surface area contributed by atoms with Crippen LogP contribution in [0.5, 0.6) is 0 Å². The molecule has 0 saturated carbocycles. The van der Waals surface area contributed by atoms with Crippen molar-refractivity contribution in [2.24, 2.45) is 5.92 Å².